The molecule has 0 spiro atoms. The quantitative estimate of drug-likeness (QED) is 0.0702. The minimum absolute atomic E-state index is 0.0187. The smallest absolute Gasteiger partial charge is 0.305 e. The highest BCUT2D eigenvalue weighted by atomic mass is 19.1. The zero-order valence-electron chi connectivity index (χ0n) is 51.9. The van der Waals surface area contributed by atoms with Gasteiger partial charge in [-0.15, -0.1) is 0 Å². The topological polar surface area (TPSA) is 443 Å². The van der Waals surface area contributed by atoms with Crippen LogP contribution in [0.5, 0.6) is 5.75 Å². The largest absolute Gasteiger partial charge is 0.508 e. The van der Waals surface area contributed by atoms with Gasteiger partial charge in [0.25, 0.3) is 0 Å². The highest BCUT2D eigenvalue weighted by molar-refractivity contribution is 6.01. The minimum Gasteiger partial charge on any atom is -0.508 e. The molecule has 504 valence electrons. The molecule has 3 aliphatic rings. The summed E-state index contributed by atoms with van der Waals surface area (Å²) in [5.41, 5.74) is 7.20. The first-order chi connectivity index (χ1) is 45.8. The van der Waals surface area contributed by atoms with Gasteiger partial charge in [0.1, 0.15) is 65.2 Å². The maximum Gasteiger partial charge on any atom is 0.305 e. The van der Waals surface area contributed by atoms with E-state index in [1.807, 2.05) is 0 Å². The van der Waals surface area contributed by atoms with Crippen LogP contribution in [-0.4, -0.2) is 167 Å². The number of phenolic OH excluding ortho intramolecular Hbond substituents is 1. The second-order valence-corrected chi connectivity index (χ2v) is 23.8. The summed E-state index contributed by atoms with van der Waals surface area (Å²) < 4.78 is 29.7. The Morgan fingerprint density at radius 3 is 1.77 bits per heavy atom. The van der Waals surface area contributed by atoms with Crippen LogP contribution in [0.4, 0.5) is 8.78 Å². The predicted octanol–water partition coefficient (Wildman–Crippen LogP) is -0.240. The lowest BCUT2D eigenvalue weighted by atomic mass is 9.94. The van der Waals surface area contributed by atoms with Gasteiger partial charge in [0.15, 0.2) is 0 Å². The van der Waals surface area contributed by atoms with Crippen LogP contribution in [-0.2, 0) is 96.2 Å². The highest BCUT2D eigenvalue weighted by Crippen LogP contribution is 2.31. The average Bonchev–Trinajstić information content (AvgIpc) is 1.57. The van der Waals surface area contributed by atoms with Crippen LogP contribution in [0, 0.1) is 11.6 Å². The van der Waals surface area contributed by atoms with E-state index in [0.29, 0.717) is 27.7 Å². The number of nitrogens with zero attached hydrogens (tertiary/aromatic N) is 2. The van der Waals surface area contributed by atoms with Gasteiger partial charge in [-0.3, -0.25) is 57.5 Å². The van der Waals surface area contributed by atoms with E-state index in [1.165, 1.54) is 85.3 Å². The van der Waals surface area contributed by atoms with Crippen molar-refractivity contribution in [2.75, 3.05) is 13.1 Å². The number of primary amides is 1. The molecule has 10 rings (SSSR count). The number of carbonyl (C=O) groups is 12. The third-order valence-electron chi connectivity index (χ3n) is 16.7. The molecular formula is C65H71F2N15O14. The zero-order valence-corrected chi connectivity index (χ0v) is 51.9. The lowest BCUT2D eigenvalue weighted by Crippen LogP contribution is -2.63. The molecule has 1 saturated heterocycles. The molecule has 16 N–H and O–H groups in total. The van der Waals surface area contributed by atoms with Crippen LogP contribution in [0.25, 0.3) is 21.8 Å². The van der Waals surface area contributed by atoms with Crippen molar-refractivity contribution in [1.82, 2.24) is 72.7 Å². The summed E-state index contributed by atoms with van der Waals surface area (Å²) in [4.78, 5) is 183. The van der Waals surface area contributed by atoms with Crippen LogP contribution in [0.2, 0.25) is 0 Å². The van der Waals surface area contributed by atoms with Crippen molar-refractivity contribution in [1.29, 1.82) is 0 Å². The van der Waals surface area contributed by atoms with Crippen molar-refractivity contribution in [2.45, 2.75) is 126 Å². The summed E-state index contributed by atoms with van der Waals surface area (Å²) in [7, 11) is 0. The molecule has 4 aromatic carbocycles. The maximum absolute atomic E-state index is 15.2. The molecule has 3 aromatic heterocycles. The first-order valence-electron chi connectivity index (χ1n) is 30.6. The number of carboxylic acid groups (broad SMARTS) is 1. The summed E-state index contributed by atoms with van der Waals surface area (Å²) >= 11 is 0. The SMILES string of the molecule is CC(=O)N[C@@H]1CC(=O)NCc2ccc(cc2)C[C@@H](C(N)=O)NC(=O)[C@]2(C)CCCN2C(=O)[C@H](Cc2ccc(O)cc2)NC(=O)[C@H](Cc2cnc[nH]2)NC(=O)[C@H](CC(=O)O)NC(=O)[C@H](Cc2c[nH]c3ccc(F)cc23)NC(=O)[C@H](Cc2c[nH]c3ccc(F)cc23)NC(=O)CNC1=O. The number of halogens is 2. The fourth-order valence-corrected chi connectivity index (χ4v) is 11.6. The van der Waals surface area contributed by atoms with E-state index in [9.17, 15) is 71.7 Å². The van der Waals surface area contributed by atoms with Gasteiger partial charge in [-0.05, 0) is 96.1 Å². The second-order valence-electron chi connectivity index (χ2n) is 23.8. The zero-order chi connectivity index (χ0) is 69.0. The van der Waals surface area contributed by atoms with Gasteiger partial charge in [-0.1, -0.05) is 36.4 Å². The van der Waals surface area contributed by atoms with Crippen LogP contribution >= 0.6 is 0 Å². The molecule has 6 heterocycles. The Hall–Kier alpha value is -11.5. The number of aliphatic carboxylic acids is 1. The second kappa shape index (κ2) is 30.5. The number of aromatic hydroxyl groups is 1. The number of hydrogen-bond donors (Lipinski definition) is 15. The monoisotopic (exact) mass is 1320 g/mol. The molecule has 0 unspecified atom stereocenters. The number of carboxylic acids is 1. The Morgan fingerprint density at radius 1 is 0.635 bits per heavy atom. The molecule has 96 heavy (non-hydrogen) atoms. The number of aromatic nitrogens is 4. The Bertz CT molecular complexity index is 4100. The highest BCUT2D eigenvalue weighted by Gasteiger charge is 2.49. The Balaban J connectivity index is 1.08. The van der Waals surface area contributed by atoms with Crippen molar-refractivity contribution < 1.29 is 76.5 Å². The Labute approximate surface area is 545 Å². The molecule has 29 nitrogen and oxygen atoms in total. The normalized spacial score (nSPS) is 22.7. The number of fused-ring (bicyclic) bond motifs is 30. The van der Waals surface area contributed by atoms with Crippen molar-refractivity contribution in [3.8, 4) is 5.75 Å². The number of benzene rings is 4. The summed E-state index contributed by atoms with van der Waals surface area (Å²) in [5, 5.41) is 43.7. The number of amides is 11. The third kappa shape index (κ3) is 17.6. The fourth-order valence-electron chi connectivity index (χ4n) is 11.6. The van der Waals surface area contributed by atoms with Crippen LogP contribution in [0.3, 0.4) is 0 Å². The number of rotatable bonds is 12. The molecule has 0 aliphatic carbocycles. The van der Waals surface area contributed by atoms with Gasteiger partial charge in [0, 0.05) is 98.2 Å². The number of nitrogens with two attached hydrogens (primary N) is 1. The fraction of sp³-hybridized carbons (Fsp3) is 0.338. The van der Waals surface area contributed by atoms with E-state index in [0.717, 1.165) is 19.1 Å². The van der Waals surface area contributed by atoms with Crippen LogP contribution < -0.4 is 53.6 Å². The molecular weight excluding hydrogens is 1250 g/mol. The lowest BCUT2D eigenvalue weighted by Gasteiger charge is -2.37. The average molecular weight is 1320 g/mol. The maximum atomic E-state index is 15.2. The standard InChI is InChI=1S/C65H71F2N15O14/c1-33(83)75-51-25-54(85)72-27-36-6-4-34(5-7-36)18-47(57(68)89)81-64(96)65(2)16-3-17-82(65)63(95)53(19-35-8-12-42(84)13-9-35)80-61(93)50(24-41-30-69-32-74-41)78-62(94)52(26-56(87)88)79-60(92)49(21-38-29-71-46-15-11-40(67)23-44(38)46)77-59(91)48(76-55(86)31-73-58(51)90)20-37-28-70-45-14-10-39(66)22-43(37)45/h4-15,22-23,28-30,32,47-53,70-71,84H,3,16-21,24-27,31H2,1-2H3,(H2,68,89)(H,69,74)(H,72,85)(H,73,90)(H,75,83)(H,76,86)(H,77,91)(H,78,94)(H,79,92)(H,80,93)(H,81,96)(H,87,88)/t47-,48-,49-,50-,51+,52-,53-,65-/m0/s1. The minimum atomic E-state index is -2.07. The molecule has 0 saturated carbocycles. The van der Waals surface area contributed by atoms with Crippen molar-refractivity contribution in [3.63, 3.8) is 0 Å². The molecule has 1 fully saturated rings. The van der Waals surface area contributed by atoms with Gasteiger partial charge in [-0.2, -0.15) is 0 Å². The van der Waals surface area contributed by atoms with Gasteiger partial charge in [-0.25, -0.2) is 13.8 Å². The summed E-state index contributed by atoms with van der Waals surface area (Å²) in [6.45, 7) is 1.58. The number of nitrogens with one attached hydrogen (secondary N) is 12. The van der Waals surface area contributed by atoms with E-state index < -0.39 is 169 Å². The molecule has 31 heteroatoms. The third-order valence-corrected chi connectivity index (χ3v) is 16.7. The van der Waals surface area contributed by atoms with E-state index in [2.05, 4.69) is 67.8 Å². The first kappa shape index (κ1) is 68.8. The van der Waals surface area contributed by atoms with Crippen molar-refractivity contribution >= 4 is 92.8 Å². The molecule has 2 bridgehead atoms. The predicted molar refractivity (Wildman–Crippen MR) is 338 cm³/mol. The van der Waals surface area contributed by atoms with Gasteiger partial charge < -0.3 is 83.6 Å². The van der Waals surface area contributed by atoms with E-state index in [4.69, 9.17) is 5.73 Å². The molecule has 7 aromatic rings. The van der Waals surface area contributed by atoms with Crippen molar-refractivity contribution in [3.05, 3.63) is 155 Å². The van der Waals surface area contributed by atoms with E-state index in [-0.39, 0.29) is 72.1 Å². The summed E-state index contributed by atoms with van der Waals surface area (Å²) in [5.74, 6) is -13.7. The van der Waals surface area contributed by atoms with Gasteiger partial charge in [0.2, 0.25) is 65.0 Å². The number of aromatic amines is 3. The molecule has 8 atom stereocenters. The first-order valence-corrected chi connectivity index (χ1v) is 30.6. The number of imidazole rings is 1. The van der Waals surface area contributed by atoms with Crippen molar-refractivity contribution in [2.24, 2.45) is 5.73 Å². The number of carbonyl (C=O) groups excluding carboxylic acids is 11. The number of H-pyrrole nitrogens is 3. The van der Waals surface area contributed by atoms with Crippen LogP contribution in [0.15, 0.2) is 110 Å². The number of phenols is 1. The summed E-state index contributed by atoms with van der Waals surface area (Å²) in [6.07, 6.45) is 2.30. The van der Waals surface area contributed by atoms with Crippen LogP contribution in [0.1, 0.15) is 73.0 Å². The van der Waals surface area contributed by atoms with E-state index >= 15 is 4.79 Å². The molecule has 3 aliphatic heterocycles. The van der Waals surface area contributed by atoms with Gasteiger partial charge in [0.05, 0.1) is 25.7 Å². The molecule has 0 radical (unpaired) electrons. The Morgan fingerprint density at radius 2 is 1.20 bits per heavy atom. The Kier molecular flexibility index (Phi) is 21.9. The van der Waals surface area contributed by atoms with E-state index in [1.54, 1.807) is 24.3 Å². The summed E-state index contributed by atoms with van der Waals surface area (Å²) in [6, 6.07) is 7.88. The molecule has 11 amide bonds. The lowest BCUT2D eigenvalue weighted by molar-refractivity contribution is -0.147. The number of hydrogen-bond acceptors (Lipinski definition) is 14. The van der Waals surface area contributed by atoms with Gasteiger partial charge >= 0.3 is 5.97 Å².